The Morgan fingerprint density at radius 3 is 2.19 bits per heavy atom. The van der Waals surface area contributed by atoms with E-state index in [1.807, 2.05) is 0 Å². The highest BCUT2D eigenvalue weighted by molar-refractivity contribution is 5.48. The van der Waals surface area contributed by atoms with Crippen LogP contribution in [0.1, 0.15) is 46.4 Å². The van der Waals surface area contributed by atoms with Gasteiger partial charge in [-0.25, -0.2) is 15.8 Å². The van der Waals surface area contributed by atoms with Crippen LogP contribution >= 0.6 is 0 Å². The fraction of sp³-hybridized carbons (Fsp3) is 0.636. The van der Waals surface area contributed by atoms with E-state index in [0.29, 0.717) is 5.82 Å². The summed E-state index contributed by atoms with van der Waals surface area (Å²) in [6.07, 6.45) is 0. The molecular weight excluding hydrogens is 202 g/mol. The number of hydrogen-bond donors (Lipinski definition) is 3. The summed E-state index contributed by atoms with van der Waals surface area (Å²) in [6.45, 7) is 10.4. The van der Waals surface area contributed by atoms with Crippen molar-refractivity contribution in [3.63, 3.8) is 0 Å². The summed E-state index contributed by atoms with van der Waals surface area (Å²) in [4.78, 5) is 8.74. The first-order valence-electron chi connectivity index (χ1n) is 5.45. The fourth-order valence-electron chi connectivity index (χ4n) is 1.25. The lowest BCUT2D eigenvalue weighted by atomic mass is 10.1. The molecule has 1 aromatic rings. The van der Waals surface area contributed by atoms with Gasteiger partial charge in [0.15, 0.2) is 0 Å². The Balaban J connectivity index is 3.04. The average molecular weight is 223 g/mol. The number of hydrazine groups is 1. The predicted molar refractivity (Wildman–Crippen MR) is 67.3 cm³/mol. The smallest absolute Gasteiger partial charge is 0.145 e. The van der Waals surface area contributed by atoms with Gasteiger partial charge in [-0.3, -0.25) is 0 Å². The number of aromatic nitrogens is 2. The monoisotopic (exact) mass is 223 g/mol. The SMILES string of the molecule is CC(C)c1nc(NN)cc(NC(C)(C)C)n1. The molecule has 5 heteroatoms. The molecule has 0 aromatic carbocycles. The van der Waals surface area contributed by atoms with E-state index < -0.39 is 0 Å². The van der Waals surface area contributed by atoms with Gasteiger partial charge >= 0.3 is 0 Å². The van der Waals surface area contributed by atoms with Gasteiger partial charge in [-0.2, -0.15) is 0 Å². The molecule has 1 heterocycles. The third-order valence-corrected chi connectivity index (χ3v) is 1.91. The van der Waals surface area contributed by atoms with Gasteiger partial charge in [0, 0.05) is 17.5 Å². The van der Waals surface area contributed by atoms with Crippen LogP contribution in [-0.4, -0.2) is 15.5 Å². The zero-order valence-electron chi connectivity index (χ0n) is 10.6. The Kier molecular flexibility index (Phi) is 3.70. The van der Waals surface area contributed by atoms with Crippen molar-refractivity contribution >= 4 is 11.6 Å². The van der Waals surface area contributed by atoms with Gasteiger partial charge < -0.3 is 10.7 Å². The van der Waals surface area contributed by atoms with Gasteiger partial charge in [-0.05, 0) is 20.8 Å². The Labute approximate surface area is 96.8 Å². The molecule has 0 aliphatic carbocycles. The van der Waals surface area contributed by atoms with Crippen LogP contribution in [0.3, 0.4) is 0 Å². The molecule has 1 rings (SSSR count). The highest BCUT2D eigenvalue weighted by Gasteiger charge is 2.13. The van der Waals surface area contributed by atoms with Crippen molar-refractivity contribution < 1.29 is 0 Å². The van der Waals surface area contributed by atoms with Crippen molar-refractivity contribution in [2.75, 3.05) is 10.7 Å². The largest absolute Gasteiger partial charge is 0.365 e. The Hall–Kier alpha value is -1.36. The Morgan fingerprint density at radius 2 is 1.75 bits per heavy atom. The zero-order valence-corrected chi connectivity index (χ0v) is 10.6. The minimum absolute atomic E-state index is 0.0333. The summed E-state index contributed by atoms with van der Waals surface area (Å²) in [5.74, 6) is 7.86. The predicted octanol–water partition coefficient (Wildman–Crippen LogP) is 2.10. The molecule has 0 radical (unpaired) electrons. The van der Waals surface area contributed by atoms with E-state index in [4.69, 9.17) is 5.84 Å². The summed E-state index contributed by atoms with van der Waals surface area (Å²) in [6, 6.07) is 1.80. The molecule has 0 atom stereocenters. The van der Waals surface area contributed by atoms with Crippen molar-refractivity contribution in [2.45, 2.75) is 46.1 Å². The second-order valence-electron chi connectivity index (χ2n) is 5.17. The van der Waals surface area contributed by atoms with Crippen molar-refractivity contribution in [2.24, 2.45) is 5.84 Å². The van der Waals surface area contributed by atoms with Crippen LogP contribution in [0.15, 0.2) is 6.07 Å². The lowest BCUT2D eigenvalue weighted by molar-refractivity contribution is 0.627. The second-order valence-corrected chi connectivity index (χ2v) is 5.17. The van der Waals surface area contributed by atoms with E-state index >= 15 is 0 Å². The summed E-state index contributed by atoms with van der Waals surface area (Å²) < 4.78 is 0. The third-order valence-electron chi connectivity index (χ3n) is 1.91. The Morgan fingerprint density at radius 1 is 1.19 bits per heavy atom. The van der Waals surface area contributed by atoms with Gasteiger partial charge in [0.2, 0.25) is 0 Å². The molecule has 0 saturated heterocycles. The highest BCUT2D eigenvalue weighted by Crippen LogP contribution is 2.19. The maximum atomic E-state index is 5.38. The highest BCUT2D eigenvalue weighted by atomic mass is 15.3. The molecule has 4 N–H and O–H groups in total. The number of nitrogen functional groups attached to an aromatic ring is 1. The second kappa shape index (κ2) is 4.65. The van der Waals surface area contributed by atoms with E-state index in [1.165, 1.54) is 0 Å². The zero-order chi connectivity index (χ0) is 12.3. The Bertz CT molecular complexity index is 354. The number of hydrogen-bond acceptors (Lipinski definition) is 5. The van der Waals surface area contributed by atoms with Crippen molar-refractivity contribution in [3.8, 4) is 0 Å². The maximum Gasteiger partial charge on any atom is 0.145 e. The lowest BCUT2D eigenvalue weighted by Crippen LogP contribution is -2.27. The van der Waals surface area contributed by atoms with E-state index in [9.17, 15) is 0 Å². The molecule has 0 unspecified atom stereocenters. The quantitative estimate of drug-likeness (QED) is 0.540. The van der Waals surface area contributed by atoms with Gasteiger partial charge in [-0.1, -0.05) is 13.8 Å². The summed E-state index contributed by atoms with van der Waals surface area (Å²) in [5.41, 5.74) is 2.52. The van der Waals surface area contributed by atoms with Crippen molar-refractivity contribution in [1.29, 1.82) is 0 Å². The van der Waals surface area contributed by atoms with Crippen LogP contribution in [0.25, 0.3) is 0 Å². The summed E-state index contributed by atoms with van der Waals surface area (Å²) in [5, 5.41) is 3.30. The topological polar surface area (TPSA) is 75.9 Å². The van der Waals surface area contributed by atoms with Crippen LogP contribution in [0, 0.1) is 0 Å². The van der Waals surface area contributed by atoms with Crippen LogP contribution in [-0.2, 0) is 0 Å². The lowest BCUT2D eigenvalue weighted by Gasteiger charge is -2.22. The number of nitrogens with one attached hydrogen (secondary N) is 2. The van der Waals surface area contributed by atoms with E-state index in [-0.39, 0.29) is 11.5 Å². The standard InChI is InChI=1S/C11H21N5/c1-7(2)10-13-8(15-11(3,4)5)6-9(14-10)16-12/h6-7H,12H2,1-5H3,(H2,13,14,15,16). The van der Waals surface area contributed by atoms with Crippen LogP contribution in [0.2, 0.25) is 0 Å². The third kappa shape index (κ3) is 3.66. The van der Waals surface area contributed by atoms with Crippen molar-refractivity contribution in [3.05, 3.63) is 11.9 Å². The van der Waals surface area contributed by atoms with Gasteiger partial charge in [0.05, 0.1) is 0 Å². The fourth-order valence-corrected chi connectivity index (χ4v) is 1.25. The van der Waals surface area contributed by atoms with E-state index in [2.05, 4.69) is 55.3 Å². The molecule has 90 valence electrons. The molecule has 0 aliphatic rings. The molecule has 0 fully saturated rings. The molecule has 5 nitrogen and oxygen atoms in total. The van der Waals surface area contributed by atoms with Gasteiger partial charge in [0.25, 0.3) is 0 Å². The van der Waals surface area contributed by atoms with Gasteiger partial charge in [0.1, 0.15) is 17.5 Å². The molecular formula is C11H21N5. The first-order valence-corrected chi connectivity index (χ1v) is 5.45. The van der Waals surface area contributed by atoms with Gasteiger partial charge in [-0.15, -0.1) is 0 Å². The maximum absolute atomic E-state index is 5.38. The minimum Gasteiger partial charge on any atom is -0.365 e. The molecule has 0 bridgehead atoms. The molecule has 0 spiro atoms. The molecule has 0 aliphatic heterocycles. The number of nitrogens with zero attached hydrogens (tertiary/aromatic N) is 2. The first-order chi connectivity index (χ1) is 7.31. The molecule has 1 aromatic heterocycles. The number of anilines is 2. The first kappa shape index (κ1) is 12.7. The number of rotatable bonds is 3. The molecule has 16 heavy (non-hydrogen) atoms. The molecule has 0 amide bonds. The summed E-state index contributed by atoms with van der Waals surface area (Å²) in [7, 11) is 0. The minimum atomic E-state index is -0.0333. The van der Waals surface area contributed by atoms with Crippen LogP contribution in [0.4, 0.5) is 11.6 Å². The average Bonchev–Trinajstić information content (AvgIpc) is 2.14. The normalized spacial score (nSPS) is 11.7. The van der Waals surface area contributed by atoms with Crippen LogP contribution in [0.5, 0.6) is 0 Å². The molecule has 0 saturated carbocycles. The number of nitrogens with two attached hydrogens (primary N) is 1. The van der Waals surface area contributed by atoms with Crippen molar-refractivity contribution in [1.82, 2.24) is 9.97 Å². The van der Waals surface area contributed by atoms with E-state index in [0.717, 1.165) is 11.6 Å². The van der Waals surface area contributed by atoms with E-state index in [1.54, 1.807) is 6.07 Å². The van der Waals surface area contributed by atoms with Crippen LogP contribution < -0.4 is 16.6 Å². The summed E-state index contributed by atoms with van der Waals surface area (Å²) >= 11 is 0.